The number of likely N-dealkylation sites (tertiary alicyclic amines) is 1. The Morgan fingerprint density at radius 1 is 1.00 bits per heavy atom. The zero-order valence-electron chi connectivity index (χ0n) is 14.5. The van der Waals surface area contributed by atoms with Crippen molar-refractivity contribution >= 4 is 11.9 Å². The second-order valence-electron chi connectivity index (χ2n) is 8.28. The maximum absolute atomic E-state index is 13.3. The summed E-state index contributed by atoms with van der Waals surface area (Å²) in [7, 11) is 0. The molecule has 2 aliphatic carbocycles. The van der Waals surface area contributed by atoms with Crippen LogP contribution in [0.5, 0.6) is 0 Å². The first-order valence-corrected chi connectivity index (χ1v) is 9.42. The molecule has 26 heavy (non-hydrogen) atoms. The van der Waals surface area contributed by atoms with E-state index >= 15 is 0 Å². The highest BCUT2D eigenvalue weighted by Crippen LogP contribution is 2.49. The van der Waals surface area contributed by atoms with Gasteiger partial charge in [0.25, 0.3) is 5.56 Å². The third-order valence-electron chi connectivity index (χ3n) is 6.82. The number of rotatable bonds is 2. The van der Waals surface area contributed by atoms with E-state index in [1.54, 1.807) is 12.1 Å². The molecular weight excluding hydrogens is 332 g/mol. The van der Waals surface area contributed by atoms with Crippen molar-refractivity contribution in [1.29, 1.82) is 0 Å². The maximum atomic E-state index is 13.3. The lowest BCUT2D eigenvalue weighted by atomic mass is 9.79. The van der Waals surface area contributed by atoms with E-state index < -0.39 is 17.8 Å². The molecule has 0 aromatic carbocycles. The van der Waals surface area contributed by atoms with Gasteiger partial charge in [-0.25, -0.2) is 0 Å². The van der Waals surface area contributed by atoms with Crippen LogP contribution in [-0.2, 0) is 16.1 Å². The van der Waals surface area contributed by atoms with Crippen molar-refractivity contribution in [3.63, 3.8) is 0 Å². The minimum absolute atomic E-state index is 0.00400. The van der Waals surface area contributed by atoms with Gasteiger partial charge in [-0.2, -0.15) is 0 Å². The van der Waals surface area contributed by atoms with Gasteiger partial charge in [-0.15, -0.1) is 0 Å². The molecule has 2 fully saturated rings. The first kappa shape index (κ1) is 15.9. The molecule has 4 aliphatic rings. The molecule has 1 aromatic heterocycles. The number of carboxylic acids is 1. The second-order valence-corrected chi connectivity index (χ2v) is 8.28. The highest BCUT2D eigenvalue weighted by atomic mass is 16.4. The van der Waals surface area contributed by atoms with Gasteiger partial charge < -0.3 is 14.6 Å². The van der Waals surface area contributed by atoms with Crippen molar-refractivity contribution in [3.05, 3.63) is 46.4 Å². The minimum atomic E-state index is -0.852. The number of hydrogen-bond acceptors (Lipinski definition) is 3. The summed E-state index contributed by atoms with van der Waals surface area (Å²) in [6, 6.07) is 5.36. The van der Waals surface area contributed by atoms with E-state index in [1.807, 2.05) is 27.7 Å². The van der Waals surface area contributed by atoms with Crippen LogP contribution < -0.4 is 5.56 Å². The second kappa shape index (κ2) is 5.56. The third-order valence-corrected chi connectivity index (χ3v) is 6.82. The van der Waals surface area contributed by atoms with E-state index in [2.05, 4.69) is 0 Å². The van der Waals surface area contributed by atoms with Gasteiger partial charge in [0.15, 0.2) is 0 Å². The lowest BCUT2D eigenvalue weighted by molar-refractivity contribution is -0.152. The normalized spacial score (nSPS) is 36.8. The molecule has 6 atom stereocenters. The number of carbonyl (C=O) groups excluding carboxylic acids is 1. The predicted octanol–water partition coefficient (Wildman–Crippen LogP) is 1.32. The van der Waals surface area contributed by atoms with Crippen LogP contribution in [0.3, 0.4) is 0 Å². The molecule has 2 aliphatic heterocycles. The largest absolute Gasteiger partial charge is 0.481 e. The fourth-order valence-electron chi connectivity index (χ4n) is 5.78. The van der Waals surface area contributed by atoms with Crippen molar-refractivity contribution in [1.82, 2.24) is 9.47 Å². The van der Waals surface area contributed by atoms with E-state index in [4.69, 9.17) is 0 Å². The monoisotopic (exact) mass is 354 g/mol. The number of aromatic nitrogens is 1. The Labute approximate surface area is 151 Å². The molecule has 0 unspecified atom stereocenters. The first-order chi connectivity index (χ1) is 12.5. The molecule has 5 rings (SSSR count). The molecule has 1 saturated heterocycles. The average molecular weight is 354 g/mol. The van der Waals surface area contributed by atoms with Crippen LogP contribution in [0.2, 0.25) is 0 Å². The Kier molecular flexibility index (Phi) is 3.39. The van der Waals surface area contributed by atoms with Crippen LogP contribution in [0.4, 0.5) is 0 Å². The molecule has 3 heterocycles. The number of amides is 1. The molecule has 6 nitrogen and oxygen atoms in total. The van der Waals surface area contributed by atoms with Crippen molar-refractivity contribution in [2.45, 2.75) is 25.3 Å². The van der Waals surface area contributed by atoms with Crippen LogP contribution in [0.25, 0.3) is 0 Å². The molecule has 0 spiro atoms. The third kappa shape index (κ3) is 2.20. The summed E-state index contributed by atoms with van der Waals surface area (Å²) in [6.45, 7) is 1.86. The van der Waals surface area contributed by atoms with E-state index in [0.29, 0.717) is 19.6 Å². The molecule has 1 amide bonds. The fraction of sp³-hybridized carbons (Fsp3) is 0.550. The Bertz CT molecular complexity index is 873. The number of hydrogen-bond donors (Lipinski definition) is 1. The standard InChI is InChI=1S/C20H22N2O4/c23-16-3-1-2-15-14-6-11(9-22(15)16)8-21(10-14)19(24)17-12-4-5-13(7-12)18(17)20(25)26/h1-5,11-14,17-18H,6-10H2,(H,25,26)/t11-,12+,13-,14-,17-,18+/m0/s1. The Morgan fingerprint density at radius 2 is 1.77 bits per heavy atom. The lowest BCUT2D eigenvalue weighted by Gasteiger charge is -2.44. The topological polar surface area (TPSA) is 79.6 Å². The predicted molar refractivity (Wildman–Crippen MR) is 93.5 cm³/mol. The zero-order chi connectivity index (χ0) is 18.0. The Balaban J connectivity index is 1.42. The molecule has 0 radical (unpaired) electrons. The molecule has 6 heteroatoms. The summed E-state index contributed by atoms with van der Waals surface area (Å²) in [6.07, 6.45) is 5.78. The van der Waals surface area contributed by atoms with Gasteiger partial charge in [0.1, 0.15) is 0 Å². The number of piperidine rings is 1. The van der Waals surface area contributed by atoms with Gasteiger partial charge in [-0.3, -0.25) is 14.4 Å². The quantitative estimate of drug-likeness (QED) is 0.813. The van der Waals surface area contributed by atoms with Crippen molar-refractivity contribution in [3.8, 4) is 0 Å². The fourth-order valence-corrected chi connectivity index (χ4v) is 5.78. The van der Waals surface area contributed by atoms with Gasteiger partial charge in [0.05, 0.1) is 11.8 Å². The summed E-state index contributed by atoms with van der Waals surface area (Å²) in [4.78, 5) is 39.0. The zero-order valence-corrected chi connectivity index (χ0v) is 14.5. The minimum Gasteiger partial charge on any atom is -0.481 e. The van der Waals surface area contributed by atoms with Gasteiger partial charge in [0.2, 0.25) is 5.91 Å². The molecule has 1 aromatic rings. The number of carboxylic acid groups (broad SMARTS) is 1. The van der Waals surface area contributed by atoms with Crippen molar-refractivity contribution in [2.75, 3.05) is 13.1 Å². The van der Waals surface area contributed by atoms with E-state index in [-0.39, 0.29) is 35.1 Å². The average Bonchev–Trinajstić information content (AvgIpc) is 3.23. The summed E-state index contributed by atoms with van der Waals surface area (Å²) >= 11 is 0. The molecule has 1 N–H and O–H groups in total. The number of aliphatic carboxylic acids is 1. The molecule has 4 bridgehead atoms. The first-order valence-electron chi connectivity index (χ1n) is 9.42. The Hall–Kier alpha value is -2.37. The van der Waals surface area contributed by atoms with E-state index in [1.165, 1.54) is 0 Å². The van der Waals surface area contributed by atoms with Crippen LogP contribution in [0.15, 0.2) is 35.1 Å². The SMILES string of the molecule is O=C(O)[C@H]1[C@@H](C(=O)N2C[C@@H]3C[C@@H](C2)c2cccc(=O)n2C3)[C@@H]2C=C[C@H]1C2. The van der Waals surface area contributed by atoms with Crippen molar-refractivity contribution < 1.29 is 14.7 Å². The van der Waals surface area contributed by atoms with Crippen molar-refractivity contribution in [2.24, 2.45) is 29.6 Å². The van der Waals surface area contributed by atoms with Crippen LogP contribution >= 0.6 is 0 Å². The van der Waals surface area contributed by atoms with Crippen LogP contribution in [-0.4, -0.2) is 39.5 Å². The van der Waals surface area contributed by atoms with Gasteiger partial charge in [-0.1, -0.05) is 18.2 Å². The number of fused-ring (bicyclic) bond motifs is 6. The number of allylic oxidation sites excluding steroid dienone is 2. The summed E-state index contributed by atoms with van der Waals surface area (Å²) in [5, 5.41) is 9.63. The summed E-state index contributed by atoms with van der Waals surface area (Å²) in [5.74, 6) is -1.39. The number of nitrogens with zero attached hydrogens (tertiary/aromatic N) is 2. The summed E-state index contributed by atoms with van der Waals surface area (Å²) < 4.78 is 1.85. The van der Waals surface area contributed by atoms with E-state index in [0.717, 1.165) is 18.5 Å². The number of carbonyl (C=O) groups is 2. The van der Waals surface area contributed by atoms with Gasteiger partial charge in [-0.05, 0) is 36.7 Å². The van der Waals surface area contributed by atoms with Crippen LogP contribution in [0.1, 0.15) is 24.5 Å². The van der Waals surface area contributed by atoms with Gasteiger partial charge >= 0.3 is 5.97 Å². The smallest absolute Gasteiger partial charge is 0.307 e. The highest BCUT2D eigenvalue weighted by Gasteiger charge is 2.53. The van der Waals surface area contributed by atoms with E-state index in [9.17, 15) is 19.5 Å². The maximum Gasteiger partial charge on any atom is 0.307 e. The molecule has 1 saturated carbocycles. The number of pyridine rings is 1. The van der Waals surface area contributed by atoms with Gasteiger partial charge in [0, 0.05) is 37.3 Å². The molecule has 136 valence electrons. The van der Waals surface area contributed by atoms with Crippen LogP contribution in [0, 0.1) is 29.6 Å². The highest BCUT2D eigenvalue weighted by molar-refractivity contribution is 5.87. The lowest BCUT2D eigenvalue weighted by Crippen LogP contribution is -2.52. The Morgan fingerprint density at radius 3 is 2.54 bits per heavy atom. The summed E-state index contributed by atoms with van der Waals surface area (Å²) in [5.41, 5.74) is 1.04. The molecular formula is C20H22N2O4.